The maximum Gasteiger partial charge on any atom is 0.490 e. The lowest BCUT2D eigenvalue weighted by Crippen LogP contribution is -2.43. The van der Waals surface area contributed by atoms with Gasteiger partial charge in [0.15, 0.2) is 5.78 Å². The number of carbonyl (C=O) groups is 7. The van der Waals surface area contributed by atoms with Crippen LogP contribution >= 0.6 is 45.1 Å². The molecule has 1 aliphatic heterocycles. The molecular formula is C36H54N5O24P3S2. The lowest BCUT2D eigenvalue weighted by Gasteiger charge is -2.19. The number of carboxylic acids is 3. The summed E-state index contributed by atoms with van der Waals surface area (Å²) in [6.07, 6.45) is -2.67. The van der Waals surface area contributed by atoms with Crippen molar-refractivity contribution in [2.75, 3.05) is 24.7 Å². The summed E-state index contributed by atoms with van der Waals surface area (Å²) < 4.78 is 52.3. The number of aliphatic hydroxyl groups is 1. The predicted molar refractivity (Wildman–Crippen MR) is 242 cm³/mol. The third kappa shape index (κ3) is 25.3. The van der Waals surface area contributed by atoms with Crippen LogP contribution in [0.1, 0.15) is 95.3 Å². The van der Waals surface area contributed by atoms with E-state index in [1.165, 1.54) is 21.6 Å². The van der Waals surface area contributed by atoms with Gasteiger partial charge in [-0.1, -0.05) is 46.3 Å². The van der Waals surface area contributed by atoms with Gasteiger partial charge in [0.25, 0.3) is 5.56 Å². The third-order valence-electron chi connectivity index (χ3n) is 9.45. The van der Waals surface area contributed by atoms with E-state index < -0.39 is 127 Å². The number of phosphoric ester groups is 1. The topological polar surface area (TPSA) is 474 Å². The maximum atomic E-state index is 12.5. The van der Waals surface area contributed by atoms with Gasteiger partial charge in [-0.05, 0) is 25.7 Å². The van der Waals surface area contributed by atoms with Crippen molar-refractivity contribution in [3.8, 4) is 11.8 Å². The number of H-pyrrole nitrogens is 1. The van der Waals surface area contributed by atoms with E-state index in [-0.39, 0.29) is 49.5 Å². The number of nitrogens with two attached hydrogens (primary N) is 1. The number of phosphoric acid groups is 3. The van der Waals surface area contributed by atoms with Crippen molar-refractivity contribution >= 4 is 86.3 Å². The van der Waals surface area contributed by atoms with Gasteiger partial charge in [0.2, 0.25) is 11.8 Å². The van der Waals surface area contributed by atoms with Crippen molar-refractivity contribution in [1.82, 2.24) is 20.2 Å². The summed E-state index contributed by atoms with van der Waals surface area (Å²) in [5.41, 5.74) is 3.91. The first-order valence-corrected chi connectivity index (χ1v) is 27.8. The second kappa shape index (κ2) is 30.1. The van der Waals surface area contributed by atoms with Crippen LogP contribution in [0.15, 0.2) is 15.8 Å². The van der Waals surface area contributed by atoms with E-state index in [1.54, 1.807) is 0 Å². The first-order valence-electron chi connectivity index (χ1n) is 20.8. The minimum absolute atomic E-state index is 0.0673. The molecule has 0 aromatic carbocycles. The molecule has 2 rings (SSSR count). The molecule has 394 valence electrons. The van der Waals surface area contributed by atoms with E-state index >= 15 is 0 Å². The maximum absolute atomic E-state index is 12.5. The van der Waals surface area contributed by atoms with Crippen molar-refractivity contribution in [1.29, 1.82) is 0 Å². The van der Waals surface area contributed by atoms with Crippen LogP contribution in [0, 0.1) is 17.8 Å². The molecule has 1 aliphatic rings. The Morgan fingerprint density at radius 2 is 1.49 bits per heavy atom. The van der Waals surface area contributed by atoms with Crippen LogP contribution in [0.3, 0.4) is 0 Å². The molecule has 70 heavy (non-hydrogen) atoms. The summed E-state index contributed by atoms with van der Waals surface area (Å²) in [5.74, 6) is -1.90. The molecule has 1 aromatic rings. The Labute approximate surface area is 405 Å². The molecule has 0 saturated carbocycles. The average molecular weight is 1100 g/mol. The SMILES string of the molecule is NC(CCCSSCCC(=O)NCC#Cc1cn(C2CC(O)C(COP(=O)(O)OP(=O)(O)OP(=O)(O)O)O2)c(=O)[nH]c1=O)C(=O)CCCCCCC(=O)NC(CC(=O)O)C(=O)CC(CC(=O)O)C(=O)O. The number of aliphatic hydroxyl groups excluding tert-OH is 1. The van der Waals surface area contributed by atoms with Gasteiger partial charge in [0.05, 0.1) is 50.1 Å². The Kier molecular flexibility index (Phi) is 26.7. The summed E-state index contributed by atoms with van der Waals surface area (Å²) in [7, 11) is -14.1. The van der Waals surface area contributed by atoms with E-state index in [0.29, 0.717) is 50.0 Å². The number of hydrogen-bond acceptors (Lipinski definition) is 20. The first-order chi connectivity index (χ1) is 32.6. The molecule has 29 nitrogen and oxygen atoms in total. The quantitative estimate of drug-likeness (QED) is 0.0185. The predicted octanol–water partition coefficient (Wildman–Crippen LogP) is -0.121. The third-order valence-corrected chi connectivity index (χ3v) is 15.7. The van der Waals surface area contributed by atoms with Crippen molar-refractivity contribution in [3.63, 3.8) is 0 Å². The molecule has 8 unspecified atom stereocenters. The zero-order valence-electron chi connectivity index (χ0n) is 36.9. The van der Waals surface area contributed by atoms with Crippen LogP contribution in [0.2, 0.25) is 0 Å². The monoisotopic (exact) mass is 1100 g/mol. The number of ether oxygens (including phenoxy) is 1. The van der Waals surface area contributed by atoms with Gasteiger partial charge in [-0.25, -0.2) is 18.5 Å². The van der Waals surface area contributed by atoms with Crippen LogP contribution in [0.25, 0.3) is 0 Å². The van der Waals surface area contributed by atoms with E-state index in [0.717, 1.165) is 10.8 Å². The minimum Gasteiger partial charge on any atom is -0.481 e. The van der Waals surface area contributed by atoms with Crippen LogP contribution in [0.4, 0.5) is 0 Å². The van der Waals surface area contributed by atoms with Gasteiger partial charge in [0, 0.05) is 49.8 Å². The lowest BCUT2D eigenvalue weighted by atomic mass is 9.94. The Morgan fingerprint density at radius 3 is 2.11 bits per heavy atom. The average Bonchev–Trinajstić information content (AvgIpc) is 3.60. The summed E-state index contributed by atoms with van der Waals surface area (Å²) in [6.45, 7) is -1.18. The van der Waals surface area contributed by atoms with E-state index in [1.807, 2.05) is 4.98 Å². The molecule has 1 fully saturated rings. The highest BCUT2D eigenvalue weighted by atomic mass is 33.1. The first kappa shape index (κ1) is 62.0. The van der Waals surface area contributed by atoms with Crippen LogP contribution in [-0.2, 0) is 65.1 Å². The van der Waals surface area contributed by atoms with E-state index in [4.69, 9.17) is 30.5 Å². The number of aromatic amines is 1. The molecule has 1 saturated heterocycles. The van der Waals surface area contributed by atoms with Gasteiger partial charge in [-0.3, -0.25) is 52.4 Å². The highest BCUT2D eigenvalue weighted by molar-refractivity contribution is 8.76. The van der Waals surface area contributed by atoms with Gasteiger partial charge < -0.3 is 61.1 Å². The number of aliphatic carboxylic acids is 3. The number of hydrogen-bond donors (Lipinski definition) is 12. The largest absolute Gasteiger partial charge is 0.490 e. The fourth-order valence-corrected chi connectivity index (χ4v) is 11.2. The molecule has 0 aliphatic carbocycles. The van der Waals surface area contributed by atoms with Gasteiger partial charge in [-0.15, -0.1) is 0 Å². The summed E-state index contributed by atoms with van der Waals surface area (Å²) in [6, 6.07) is -2.20. The molecule has 34 heteroatoms. The van der Waals surface area contributed by atoms with Gasteiger partial charge >= 0.3 is 47.1 Å². The van der Waals surface area contributed by atoms with Crippen LogP contribution in [-0.4, -0.2) is 140 Å². The fraction of sp³-hybridized carbons (Fsp3) is 0.639. The van der Waals surface area contributed by atoms with Crippen LogP contribution < -0.4 is 27.6 Å². The van der Waals surface area contributed by atoms with Crippen molar-refractivity contribution in [2.45, 2.75) is 114 Å². The Bertz CT molecular complexity index is 2350. The zero-order valence-corrected chi connectivity index (χ0v) is 41.2. The molecule has 0 spiro atoms. The lowest BCUT2D eigenvalue weighted by molar-refractivity contribution is -0.150. The number of carboxylic acid groups (broad SMARTS) is 3. The Balaban J connectivity index is 1.65. The highest BCUT2D eigenvalue weighted by Gasteiger charge is 2.43. The number of unbranched alkanes of at least 4 members (excludes halogenated alkanes) is 3. The van der Waals surface area contributed by atoms with Crippen molar-refractivity contribution in [3.05, 3.63) is 32.6 Å². The van der Waals surface area contributed by atoms with Gasteiger partial charge in [0.1, 0.15) is 23.7 Å². The summed E-state index contributed by atoms with van der Waals surface area (Å²) >= 11 is 0. The number of aromatic nitrogens is 2. The molecule has 2 heterocycles. The van der Waals surface area contributed by atoms with E-state index in [9.17, 15) is 76.8 Å². The standard InChI is InChI=1S/C36H54N5O24P3S2/c37-23(25(42)9-3-1-2-4-10-30(46)39-24(17-33(49)50)26(43)15-22(35(52)53)16-32(47)48)8-6-13-69-70-14-11-29(45)38-12-5-7-21-19-41(36(54)40-34(21)51)31-18-27(44)28(63-31)20-62-67(58,59)65-68(60,61)64-66(55,56)57/h19,22-24,27-28,31,44H,1-4,6,8-18,20,37H2,(H,38,45)(H,39,46)(H,47,48)(H,49,50)(H,52,53)(H,58,59)(H,60,61)(H,40,51,54)(H2,55,56,57). The smallest absolute Gasteiger partial charge is 0.481 e. The molecule has 8 atom stereocenters. The Morgan fingerprint density at radius 1 is 0.843 bits per heavy atom. The number of amides is 2. The molecule has 2 amide bonds. The second-order valence-corrected chi connectivity index (χ2v) is 22.3. The van der Waals surface area contributed by atoms with Crippen LogP contribution in [0.5, 0.6) is 0 Å². The number of nitrogens with one attached hydrogen (secondary N) is 3. The van der Waals surface area contributed by atoms with Gasteiger partial charge in [-0.2, -0.15) is 8.62 Å². The molecule has 13 N–H and O–H groups in total. The Hall–Kier alpha value is -4.08. The van der Waals surface area contributed by atoms with E-state index in [2.05, 4.69) is 35.6 Å². The van der Waals surface area contributed by atoms with Crippen molar-refractivity contribution < 1.29 is 105 Å². The molecular weight excluding hydrogens is 1040 g/mol. The summed E-state index contributed by atoms with van der Waals surface area (Å²) in [4.78, 5) is 146. The number of carbonyl (C=O) groups excluding carboxylic acids is 4. The number of rotatable bonds is 34. The molecule has 0 radical (unpaired) electrons. The molecule has 1 aromatic heterocycles. The zero-order chi connectivity index (χ0) is 52.8. The second-order valence-electron chi connectivity index (χ2n) is 15.2. The highest BCUT2D eigenvalue weighted by Crippen LogP contribution is 2.66. The molecule has 0 bridgehead atoms. The summed E-state index contributed by atoms with van der Waals surface area (Å²) in [5, 5.41) is 42.4. The minimum atomic E-state index is -5.80. The van der Waals surface area contributed by atoms with Crippen molar-refractivity contribution in [2.24, 2.45) is 11.7 Å². The number of nitrogens with zero attached hydrogens (tertiary/aromatic N) is 1. The number of Topliss-reactive ketones (excluding diaryl/α,β-unsaturated/α-hetero) is 2. The number of ketones is 2. The fourth-order valence-electron chi connectivity index (χ4n) is 6.09. The normalized spacial score (nSPS) is 18.7.